The summed E-state index contributed by atoms with van der Waals surface area (Å²) in [5.41, 5.74) is 0.143. The van der Waals surface area contributed by atoms with Gasteiger partial charge in [-0.1, -0.05) is 26.8 Å². The van der Waals surface area contributed by atoms with Gasteiger partial charge in [0.05, 0.1) is 18.2 Å². The number of methoxy groups -OCH3 is 1. The van der Waals surface area contributed by atoms with Crippen LogP contribution in [0.5, 0.6) is 5.75 Å². The van der Waals surface area contributed by atoms with Crippen LogP contribution in [0.1, 0.15) is 36.7 Å². The second kappa shape index (κ2) is 3.47. The summed E-state index contributed by atoms with van der Waals surface area (Å²) in [5, 5.41) is 10.6. The molecule has 92 valence electrons. The normalized spacial score (nSPS) is 23.2. The van der Waals surface area contributed by atoms with Gasteiger partial charge in [-0.3, -0.25) is 0 Å². The standard InChI is InChI=1S/C13H16O4/c1-12(2,3)13(15)10-8(11(14)17-13)6-5-7-9(10)16-4/h5-7,15H,1-4H3. The minimum atomic E-state index is -1.65. The van der Waals surface area contributed by atoms with E-state index in [1.54, 1.807) is 18.2 Å². The van der Waals surface area contributed by atoms with Crippen molar-refractivity contribution in [1.29, 1.82) is 0 Å². The maximum absolute atomic E-state index is 11.8. The molecule has 0 aliphatic carbocycles. The van der Waals surface area contributed by atoms with Crippen molar-refractivity contribution in [3.8, 4) is 5.75 Å². The molecule has 0 bridgehead atoms. The Balaban J connectivity index is 2.72. The number of carbonyl (C=O) groups is 1. The molecule has 0 saturated carbocycles. The number of rotatable bonds is 1. The second-order valence-electron chi connectivity index (χ2n) is 5.17. The van der Waals surface area contributed by atoms with Gasteiger partial charge < -0.3 is 14.6 Å². The molecule has 1 unspecified atom stereocenters. The van der Waals surface area contributed by atoms with Crippen LogP contribution < -0.4 is 4.74 Å². The molecule has 0 fully saturated rings. The van der Waals surface area contributed by atoms with Crippen molar-refractivity contribution in [1.82, 2.24) is 0 Å². The highest BCUT2D eigenvalue weighted by atomic mass is 16.7. The fourth-order valence-electron chi connectivity index (χ4n) is 1.99. The molecule has 1 heterocycles. The Morgan fingerprint density at radius 2 is 2.00 bits per heavy atom. The average molecular weight is 236 g/mol. The van der Waals surface area contributed by atoms with Gasteiger partial charge in [-0.05, 0) is 12.1 Å². The second-order valence-corrected chi connectivity index (χ2v) is 5.17. The first-order valence-corrected chi connectivity index (χ1v) is 5.44. The van der Waals surface area contributed by atoms with E-state index in [2.05, 4.69) is 0 Å². The van der Waals surface area contributed by atoms with Crippen LogP contribution in [0, 0.1) is 5.41 Å². The third kappa shape index (κ3) is 1.52. The van der Waals surface area contributed by atoms with Crippen molar-refractivity contribution in [3.05, 3.63) is 29.3 Å². The summed E-state index contributed by atoms with van der Waals surface area (Å²) in [4.78, 5) is 11.8. The third-order valence-electron chi connectivity index (χ3n) is 3.06. The Bertz CT molecular complexity index is 473. The van der Waals surface area contributed by atoms with E-state index in [-0.39, 0.29) is 0 Å². The Labute approximate surface area is 100 Å². The SMILES string of the molecule is COc1cccc2c1C(O)(C(C)(C)C)OC2=O. The molecular weight excluding hydrogens is 220 g/mol. The summed E-state index contributed by atoms with van der Waals surface area (Å²) in [7, 11) is 1.50. The van der Waals surface area contributed by atoms with Gasteiger partial charge in [-0.2, -0.15) is 0 Å². The minimum absolute atomic E-state index is 0.363. The van der Waals surface area contributed by atoms with Crippen molar-refractivity contribution in [2.45, 2.75) is 26.6 Å². The number of hydrogen-bond donors (Lipinski definition) is 1. The van der Waals surface area contributed by atoms with E-state index >= 15 is 0 Å². The molecule has 4 heteroatoms. The van der Waals surface area contributed by atoms with Crippen LogP contribution in [0.3, 0.4) is 0 Å². The molecule has 0 aromatic heterocycles. The zero-order chi connectivity index (χ0) is 12.8. The minimum Gasteiger partial charge on any atom is -0.496 e. The molecule has 1 aliphatic heterocycles. The van der Waals surface area contributed by atoms with Crippen molar-refractivity contribution >= 4 is 5.97 Å². The number of fused-ring (bicyclic) bond motifs is 1. The van der Waals surface area contributed by atoms with E-state index in [1.807, 2.05) is 20.8 Å². The molecule has 1 aliphatic rings. The fraction of sp³-hybridized carbons (Fsp3) is 0.462. The smallest absolute Gasteiger partial charge is 0.341 e. The lowest BCUT2D eigenvalue weighted by molar-refractivity contribution is -0.228. The van der Waals surface area contributed by atoms with Crippen LogP contribution in [-0.4, -0.2) is 18.2 Å². The summed E-state index contributed by atoms with van der Waals surface area (Å²) in [6.07, 6.45) is 0. The van der Waals surface area contributed by atoms with Gasteiger partial charge >= 0.3 is 5.97 Å². The molecule has 2 rings (SSSR count). The van der Waals surface area contributed by atoms with Crippen molar-refractivity contribution in [2.24, 2.45) is 5.41 Å². The number of cyclic esters (lactones) is 1. The van der Waals surface area contributed by atoms with Gasteiger partial charge in [0.25, 0.3) is 0 Å². The maximum Gasteiger partial charge on any atom is 0.341 e. The zero-order valence-corrected chi connectivity index (χ0v) is 10.4. The Hall–Kier alpha value is -1.55. The molecule has 1 aromatic rings. The Morgan fingerprint density at radius 3 is 2.53 bits per heavy atom. The number of esters is 1. The first kappa shape index (κ1) is 11.9. The van der Waals surface area contributed by atoms with Crippen LogP contribution in [-0.2, 0) is 10.5 Å². The lowest BCUT2D eigenvalue weighted by Crippen LogP contribution is -2.40. The number of aliphatic hydroxyl groups is 1. The summed E-state index contributed by atoms with van der Waals surface area (Å²) in [5.74, 6) is -1.70. The van der Waals surface area contributed by atoms with Gasteiger partial charge in [0, 0.05) is 5.41 Å². The van der Waals surface area contributed by atoms with Crippen LogP contribution in [0.2, 0.25) is 0 Å². The summed E-state index contributed by atoms with van der Waals surface area (Å²) in [6.45, 7) is 5.42. The first-order valence-electron chi connectivity index (χ1n) is 5.44. The molecule has 4 nitrogen and oxygen atoms in total. The fourth-order valence-corrected chi connectivity index (χ4v) is 1.99. The molecule has 0 radical (unpaired) electrons. The molecule has 0 amide bonds. The maximum atomic E-state index is 11.8. The van der Waals surface area contributed by atoms with E-state index in [9.17, 15) is 9.90 Å². The molecule has 1 aromatic carbocycles. The molecule has 1 atom stereocenters. The molecular formula is C13H16O4. The summed E-state index contributed by atoms with van der Waals surface area (Å²) < 4.78 is 10.4. The van der Waals surface area contributed by atoms with Gasteiger partial charge in [0.1, 0.15) is 5.75 Å². The number of ether oxygens (including phenoxy) is 2. The highest BCUT2D eigenvalue weighted by Crippen LogP contribution is 2.49. The van der Waals surface area contributed by atoms with Crippen LogP contribution in [0.15, 0.2) is 18.2 Å². The van der Waals surface area contributed by atoms with Crippen LogP contribution in [0.25, 0.3) is 0 Å². The largest absolute Gasteiger partial charge is 0.496 e. The summed E-state index contributed by atoms with van der Waals surface area (Å²) >= 11 is 0. The lowest BCUT2D eigenvalue weighted by Gasteiger charge is -2.35. The van der Waals surface area contributed by atoms with Crippen LogP contribution in [0.4, 0.5) is 0 Å². The monoisotopic (exact) mass is 236 g/mol. The Kier molecular flexibility index (Phi) is 2.43. The topological polar surface area (TPSA) is 55.8 Å². The summed E-state index contributed by atoms with van der Waals surface area (Å²) in [6, 6.07) is 5.04. The van der Waals surface area contributed by atoms with Gasteiger partial charge in [0.15, 0.2) is 0 Å². The number of carbonyl (C=O) groups excluding carboxylic acids is 1. The van der Waals surface area contributed by atoms with Crippen molar-refractivity contribution < 1.29 is 19.4 Å². The lowest BCUT2D eigenvalue weighted by atomic mass is 9.80. The highest BCUT2D eigenvalue weighted by molar-refractivity contribution is 5.95. The van der Waals surface area contributed by atoms with E-state index in [0.29, 0.717) is 16.9 Å². The molecule has 0 spiro atoms. The van der Waals surface area contributed by atoms with Gasteiger partial charge in [-0.15, -0.1) is 0 Å². The highest BCUT2D eigenvalue weighted by Gasteiger charge is 2.54. The van der Waals surface area contributed by atoms with Crippen LogP contribution >= 0.6 is 0 Å². The Morgan fingerprint density at radius 1 is 1.35 bits per heavy atom. The van der Waals surface area contributed by atoms with E-state index in [1.165, 1.54) is 7.11 Å². The molecule has 1 N–H and O–H groups in total. The first-order chi connectivity index (χ1) is 7.81. The quantitative estimate of drug-likeness (QED) is 0.758. The third-order valence-corrected chi connectivity index (χ3v) is 3.06. The number of hydrogen-bond acceptors (Lipinski definition) is 4. The van der Waals surface area contributed by atoms with Gasteiger partial charge in [0.2, 0.25) is 5.79 Å². The van der Waals surface area contributed by atoms with Crippen molar-refractivity contribution in [2.75, 3.05) is 7.11 Å². The molecule has 0 saturated heterocycles. The van der Waals surface area contributed by atoms with Gasteiger partial charge in [-0.25, -0.2) is 4.79 Å². The molecule has 17 heavy (non-hydrogen) atoms. The van der Waals surface area contributed by atoms with E-state index in [4.69, 9.17) is 9.47 Å². The predicted octanol–water partition coefficient (Wildman–Crippen LogP) is 2.06. The number of benzene rings is 1. The average Bonchev–Trinajstić information content (AvgIpc) is 2.52. The zero-order valence-electron chi connectivity index (χ0n) is 10.4. The predicted molar refractivity (Wildman–Crippen MR) is 61.8 cm³/mol. The van der Waals surface area contributed by atoms with E-state index < -0.39 is 17.2 Å². The van der Waals surface area contributed by atoms with Crippen molar-refractivity contribution in [3.63, 3.8) is 0 Å². The van der Waals surface area contributed by atoms with E-state index in [0.717, 1.165) is 0 Å².